The fourth-order valence-corrected chi connectivity index (χ4v) is 3.53. The lowest BCUT2D eigenvalue weighted by molar-refractivity contribution is -0.697. The number of pyridine rings is 1. The van der Waals surface area contributed by atoms with Crippen LogP contribution in [-0.2, 0) is 15.8 Å². The summed E-state index contributed by atoms with van der Waals surface area (Å²) in [7, 11) is 1.38. The van der Waals surface area contributed by atoms with Gasteiger partial charge in [-0.05, 0) is 47.7 Å². The maximum absolute atomic E-state index is 5.67. The fraction of sp³-hybridized carbons (Fsp3) is 0.250. The summed E-state index contributed by atoms with van der Waals surface area (Å²) in [6.07, 6.45) is 12.7. The maximum atomic E-state index is 5.67. The molecule has 172 valence electrons. The molecule has 0 aliphatic heterocycles. The van der Waals surface area contributed by atoms with Gasteiger partial charge in [0.25, 0.3) is 0 Å². The van der Waals surface area contributed by atoms with Crippen LogP contribution in [0.1, 0.15) is 22.3 Å². The number of rotatable bonds is 12. The van der Waals surface area contributed by atoms with E-state index in [2.05, 4.69) is 103 Å². The molecule has 0 amide bonds. The summed E-state index contributed by atoms with van der Waals surface area (Å²) < 4.78 is 18.4. The van der Waals surface area contributed by atoms with Gasteiger partial charge in [-0.3, -0.25) is 0 Å². The van der Waals surface area contributed by atoms with Crippen molar-refractivity contribution in [1.82, 2.24) is 0 Å². The van der Waals surface area contributed by atoms with Crippen LogP contribution in [0.25, 0.3) is 24.3 Å². The van der Waals surface area contributed by atoms with Crippen molar-refractivity contribution < 1.29 is 18.6 Å². The lowest BCUT2D eigenvalue weighted by Crippen LogP contribution is -2.34. The molecule has 3 rings (SSSR count). The Hall–Kier alpha value is -2.78. The Kier molecular flexibility index (Phi) is 10.3. The minimum Gasteiger partial charge on any atom is -0.491 e. The molecule has 0 saturated carbocycles. The number of nitrogens with zero attached hydrogens (tertiary/aromatic N) is 1. The first kappa shape index (κ1) is 24.9. The van der Waals surface area contributed by atoms with E-state index < -0.39 is 0 Å². The molecule has 0 spiro atoms. The Morgan fingerprint density at radius 2 is 1.15 bits per heavy atom. The summed E-state index contributed by atoms with van der Waals surface area (Å²) in [5, 5.41) is 0. The van der Waals surface area contributed by atoms with E-state index in [0.29, 0.717) is 13.2 Å². The Bertz CT molecular complexity index is 1010. The molecule has 1 aromatic heterocycles. The van der Waals surface area contributed by atoms with E-state index in [1.807, 2.05) is 12.1 Å². The number of hydrogen-bond acceptors (Lipinski definition) is 3. The summed E-state index contributed by atoms with van der Waals surface area (Å²) in [6.45, 7) is 7.03. The first-order valence-corrected chi connectivity index (χ1v) is 13.3. The van der Waals surface area contributed by atoms with E-state index in [0.717, 1.165) is 24.5 Å². The van der Waals surface area contributed by atoms with Crippen molar-refractivity contribution in [3.8, 4) is 5.75 Å². The van der Waals surface area contributed by atoms with Crippen LogP contribution in [0.15, 0.2) is 73.1 Å². The molecule has 0 radical (unpaired) electrons. The smallest absolute Gasteiger partial charge is 0.171 e. The third-order valence-electron chi connectivity index (χ3n) is 4.93. The van der Waals surface area contributed by atoms with E-state index in [9.17, 15) is 0 Å². The SMILES string of the molecule is COCCOc1ccc(/C=C/c2ccc(/C=C/c3cc[n+](CCOP(C)C)cc3)cc2)cc1. The maximum Gasteiger partial charge on any atom is 0.171 e. The van der Waals surface area contributed by atoms with Crippen LogP contribution in [-0.4, -0.2) is 40.3 Å². The van der Waals surface area contributed by atoms with Crippen molar-refractivity contribution in [2.45, 2.75) is 6.54 Å². The first-order valence-electron chi connectivity index (χ1n) is 11.1. The summed E-state index contributed by atoms with van der Waals surface area (Å²) in [6, 6.07) is 20.9. The van der Waals surface area contributed by atoms with Crippen LogP contribution >= 0.6 is 8.15 Å². The van der Waals surface area contributed by atoms with Gasteiger partial charge in [-0.15, -0.1) is 0 Å². The number of benzene rings is 2. The van der Waals surface area contributed by atoms with Crippen LogP contribution in [0.3, 0.4) is 0 Å². The molecule has 4 nitrogen and oxygen atoms in total. The molecule has 0 atom stereocenters. The molecule has 2 aromatic carbocycles. The molecule has 0 N–H and O–H groups in total. The monoisotopic (exact) mass is 462 g/mol. The fourth-order valence-electron chi connectivity index (χ4n) is 3.08. The minimum absolute atomic E-state index is 0.292. The van der Waals surface area contributed by atoms with Crippen LogP contribution < -0.4 is 9.30 Å². The van der Waals surface area contributed by atoms with Crippen molar-refractivity contribution >= 4 is 32.5 Å². The summed E-state index contributed by atoms with van der Waals surface area (Å²) >= 11 is 0. The Labute approximate surface area is 199 Å². The average molecular weight is 463 g/mol. The van der Waals surface area contributed by atoms with Gasteiger partial charge in [0.1, 0.15) is 19.0 Å². The van der Waals surface area contributed by atoms with Crippen LogP contribution in [0, 0.1) is 0 Å². The van der Waals surface area contributed by atoms with Gasteiger partial charge in [-0.2, -0.15) is 0 Å². The average Bonchev–Trinajstić information content (AvgIpc) is 2.84. The standard InChI is InChI=1S/C28H33NO3P/c1-30-22-23-31-28-14-12-26(13-15-28)9-8-24-4-6-25(7-5-24)10-11-27-16-18-29(19-17-27)20-21-32-33(2)3/h4-19H,20-23H2,1-3H3/q+1/b9-8+,11-10+. The van der Waals surface area contributed by atoms with E-state index in [1.165, 1.54) is 16.7 Å². The zero-order valence-electron chi connectivity index (χ0n) is 19.7. The molecule has 1 heterocycles. The largest absolute Gasteiger partial charge is 0.491 e. The predicted molar refractivity (Wildman–Crippen MR) is 139 cm³/mol. The second-order valence-corrected chi connectivity index (χ2v) is 9.64. The highest BCUT2D eigenvalue weighted by atomic mass is 31.1. The molecule has 5 heteroatoms. The molecule has 0 aliphatic carbocycles. The molecule has 0 unspecified atom stereocenters. The zero-order valence-corrected chi connectivity index (χ0v) is 20.6. The topological polar surface area (TPSA) is 31.6 Å². The molecule has 0 saturated heterocycles. The van der Waals surface area contributed by atoms with Gasteiger partial charge in [0.15, 0.2) is 18.9 Å². The van der Waals surface area contributed by atoms with Gasteiger partial charge in [0, 0.05) is 27.4 Å². The molecule has 3 aromatic rings. The van der Waals surface area contributed by atoms with Crippen molar-refractivity contribution in [1.29, 1.82) is 0 Å². The highest BCUT2D eigenvalue weighted by Crippen LogP contribution is 2.24. The molecule has 0 fully saturated rings. The Morgan fingerprint density at radius 1 is 0.667 bits per heavy atom. The molecular formula is C28H33NO3P+. The minimum atomic E-state index is -0.292. The Morgan fingerprint density at radius 3 is 1.64 bits per heavy atom. The lowest BCUT2D eigenvalue weighted by atomic mass is 10.1. The number of methoxy groups -OCH3 is 1. The van der Waals surface area contributed by atoms with Crippen LogP contribution in [0.4, 0.5) is 0 Å². The summed E-state index contributed by atoms with van der Waals surface area (Å²) in [5.41, 5.74) is 4.66. The van der Waals surface area contributed by atoms with E-state index in [-0.39, 0.29) is 8.15 Å². The highest BCUT2D eigenvalue weighted by Gasteiger charge is 2.01. The normalized spacial score (nSPS) is 11.6. The lowest BCUT2D eigenvalue weighted by Gasteiger charge is -2.05. The summed E-state index contributed by atoms with van der Waals surface area (Å²) in [4.78, 5) is 0. The molecule has 0 bridgehead atoms. The van der Waals surface area contributed by atoms with Gasteiger partial charge in [0.05, 0.1) is 6.61 Å². The molecular weight excluding hydrogens is 429 g/mol. The van der Waals surface area contributed by atoms with E-state index in [1.54, 1.807) is 7.11 Å². The van der Waals surface area contributed by atoms with Gasteiger partial charge in [0.2, 0.25) is 0 Å². The molecule has 33 heavy (non-hydrogen) atoms. The molecule has 0 aliphatic rings. The second-order valence-electron chi connectivity index (χ2n) is 7.76. The third kappa shape index (κ3) is 9.31. The number of aromatic nitrogens is 1. The van der Waals surface area contributed by atoms with Gasteiger partial charge < -0.3 is 14.0 Å². The quantitative estimate of drug-likeness (QED) is 0.143. The first-order chi connectivity index (χ1) is 16.1. The van der Waals surface area contributed by atoms with E-state index >= 15 is 0 Å². The zero-order chi connectivity index (χ0) is 23.3. The second kappa shape index (κ2) is 13.7. The van der Waals surface area contributed by atoms with Crippen molar-refractivity contribution in [2.75, 3.05) is 40.3 Å². The number of hydrogen-bond donors (Lipinski definition) is 0. The number of ether oxygens (including phenoxy) is 2. The predicted octanol–water partition coefficient (Wildman–Crippen LogP) is 6.01. The highest BCUT2D eigenvalue weighted by molar-refractivity contribution is 7.50. The van der Waals surface area contributed by atoms with Crippen LogP contribution in [0.2, 0.25) is 0 Å². The van der Waals surface area contributed by atoms with E-state index in [4.69, 9.17) is 14.0 Å². The van der Waals surface area contributed by atoms with Gasteiger partial charge >= 0.3 is 0 Å². The van der Waals surface area contributed by atoms with Crippen molar-refractivity contribution in [3.05, 3.63) is 95.3 Å². The third-order valence-corrected chi connectivity index (χ3v) is 5.62. The summed E-state index contributed by atoms with van der Waals surface area (Å²) in [5.74, 6) is 0.856. The van der Waals surface area contributed by atoms with Gasteiger partial charge in [-0.25, -0.2) is 4.57 Å². The van der Waals surface area contributed by atoms with Crippen LogP contribution in [0.5, 0.6) is 5.75 Å². The van der Waals surface area contributed by atoms with Crippen molar-refractivity contribution in [3.63, 3.8) is 0 Å². The Balaban J connectivity index is 1.50. The van der Waals surface area contributed by atoms with Gasteiger partial charge in [-0.1, -0.05) is 60.7 Å². The van der Waals surface area contributed by atoms with Crippen molar-refractivity contribution in [2.24, 2.45) is 0 Å².